The van der Waals surface area contributed by atoms with Gasteiger partial charge >= 0.3 is 0 Å². The lowest BCUT2D eigenvalue weighted by Crippen LogP contribution is -2.50. The molecule has 3 N–H and O–H groups in total. The summed E-state index contributed by atoms with van der Waals surface area (Å²) in [4.78, 5) is 18.3. The number of hydrogen-bond donors (Lipinski definition) is 3. The summed E-state index contributed by atoms with van der Waals surface area (Å²) in [7, 11) is 1.74. The quantitative estimate of drug-likeness (QED) is 0.270. The summed E-state index contributed by atoms with van der Waals surface area (Å²) in [5.74, 6) is 0.524. The molecule has 1 aromatic carbocycles. The molecule has 1 aromatic rings. The van der Waals surface area contributed by atoms with Crippen LogP contribution in [0.15, 0.2) is 23.2 Å². The summed E-state index contributed by atoms with van der Waals surface area (Å²) < 4.78 is 13.1. The topological polar surface area (TPSA) is 68.8 Å². The summed E-state index contributed by atoms with van der Waals surface area (Å²) in [5, 5.41) is 10.1. The van der Waals surface area contributed by atoms with Crippen LogP contribution in [0.3, 0.4) is 0 Å². The highest BCUT2D eigenvalue weighted by Gasteiger charge is 2.21. The van der Waals surface area contributed by atoms with E-state index in [0.717, 1.165) is 50.4 Å². The molecule has 0 spiro atoms. The third-order valence-electron chi connectivity index (χ3n) is 4.79. The molecule has 0 atom stereocenters. The van der Waals surface area contributed by atoms with Gasteiger partial charge in [-0.2, -0.15) is 0 Å². The van der Waals surface area contributed by atoms with E-state index in [0.29, 0.717) is 30.6 Å². The van der Waals surface area contributed by atoms with Gasteiger partial charge in [-0.1, -0.05) is 24.6 Å². The fourth-order valence-corrected chi connectivity index (χ4v) is 3.45. The van der Waals surface area contributed by atoms with Crippen molar-refractivity contribution >= 4 is 47.4 Å². The molecule has 1 saturated heterocycles. The Morgan fingerprint density at radius 2 is 2.00 bits per heavy atom. The van der Waals surface area contributed by atoms with Crippen LogP contribution in [0.5, 0.6) is 0 Å². The van der Waals surface area contributed by atoms with Crippen LogP contribution in [-0.2, 0) is 11.2 Å². The third kappa shape index (κ3) is 9.48. The second kappa shape index (κ2) is 14.0. The van der Waals surface area contributed by atoms with E-state index in [1.165, 1.54) is 12.1 Å². The third-order valence-corrected chi connectivity index (χ3v) is 5.15. The number of rotatable bonds is 8. The van der Waals surface area contributed by atoms with Gasteiger partial charge in [-0.3, -0.25) is 14.7 Å². The fraction of sp³-hybridized carbons (Fsp3) is 0.600. The van der Waals surface area contributed by atoms with Crippen molar-refractivity contribution in [2.24, 2.45) is 4.99 Å². The standard InChI is InChI=1S/C20H31ClFN5O.HI/c1-3-9-24-19(28)14-27-11-7-17(8-12-27)26-20(23-2)25-10-6-15-4-5-16(22)13-18(15)21;/h4-5,13,17H,3,6-12,14H2,1-2H3,(H,24,28)(H2,23,25,26);1H. The van der Waals surface area contributed by atoms with Gasteiger partial charge in [0.2, 0.25) is 5.91 Å². The van der Waals surface area contributed by atoms with E-state index in [9.17, 15) is 9.18 Å². The Morgan fingerprint density at radius 1 is 1.28 bits per heavy atom. The first-order valence-electron chi connectivity index (χ1n) is 9.92. The van der Waals surface area contributed by atoms with Crippen molar-refractivity contribution in [1.82, 2.24) is 20.9 Å². The molecule has 1 fully saturated rings. The molecule has 0 bridgehead atoms. The highest BCUT2D eigenvalue weighted by atomic mass is 127. The Hall–Kier alpha value is -1.13. The van der Waals surface area contributed by atoms with E-state index in [2.05, 4.69) is 25.8 Å². The monoisotopic (exact) mass is 539 g/mol. The van der Waals surface area contributed by atoms with E-state index in [-0.39, 0.29) is 35.7 Å². The van der Waals surface area contributed by atoms with Crippen molar-refractivity contribution in [2.45, 2.75) is 38.6 Å². The summed E-state index contributed by atoms with van der Waals surface area (Å²) in [6.45, 7) is 5.69. The number of nitrogens with one attached hydrogen (secondary N) is 3. The number of halogens is 3. The van der Waals surface area contributed by atoms with Crippen molar-refractivity contribution < 1.29 is 9.18 Å². The van der Waals surface area contributed by atoms with Crippen LogP contribution < -0.4 is 16.0 Å². The zero-order chi connectivity index (χ0) is 20.4. The van der Waals surface area contributed by atoms with E-state index in [4.69, 9.17) is 11.6 Å². The minimum Gasteiger partial charge on any atom is -0.356 e. The SMILES string of the molecule is CCCNC(=O)CN1CCC(NC(=NC)NCCc2ccc(F)cc2Cl)CC1.I. The van der Waals surface area contributed by atoms with Gasteiger partial charge in [0.1, 0.15) is 5.82 Å². The van der Waals surface area contributed by atoms with Gasteiger partial charge in [-0.25, -0.2) is 4.39 Å². The van der Waals surface area contributed by atoms with Crippen LogP contribution in [0.2, 0.25) is 5.02 Å². The van der Waals surface area contributed by atoms with Gasteiger partial charge in [0.25, 0.3) is 0 Å². The van der Waals surface area contributed by atoms with Gasteiger partial charge in [0, 0.05) is 44.3 Å². The molecule has 0 aliphatic carbocycles. The van der Waals surface area contributed by atoms with Gasteiger partial charge in [-0.05, 0) is 43.4 Å². The first kappa shape index (κ1) is 25.9. The molecule has 9 heteroatoms. The number of carbonyl (C=O) groups is 1. The van der Waals surface area contributed by atoms with Gasteiger partial charge < -0.3 is 16.0 Å². The Bertz CT molecular complexity index is 668. The Balaban J connectivity index is 0.00000420. The van der Waals surface area contributed by atoms with Crippen molar-refractivity contribution in [3.63, 3.8) is 0 Å². The fourth-order valence-electron chi connectivity index (χ4n) is 3.19. The lowest BCUT2D eigenvalue weighted by Gasteiger charge is -2.32. The number of likely N-dealkylation sites (tertiary alicyclic amines) is 1. The van der Waals surface area contributed by atoms with Crippen LogP contribution in [-0.4, -0.2) is 62.6 Å². The predicted octanol–water partition coefficient (Wildman–Crippen LogP) is 2.80. The zero-order valence-corrected chi connectivity index (χ0v) is 20.2. The molecule has 2 rings (SSSR count). The Labute approximate surface area is 195 Å². The first-order valence-corrected chi connectivity index (χ1v) is 10.3. The van der Waals surface area contributed by atoms with Crippen LogP contribution in [0, 0.1) is 5.82 Å². The Morgan fingerprint density at radius 3 is 2.62 bits per heavy atom. The molecule has 0 radical (unpaired) electrons. The summed E-state index contributed by atoms with van der Waals surface area (Å²) in [6.07, 6.45) is 3.57. The van der Waals surface area contributed by atoms with Crippen LogP contribution in [0.4, 0.5) is 4.39 Å². The Kier molecular flexibility index (Phi) is 12.5. The molecule has 29 heavy (non-hydrogen) atoms. The highest BCUT2D eigenvalue weighted by Crippen LogP contribution is 2.17. The normalized spacial score (nSPS) is 15.5. The van der Waals surface area contributed by atoms with Crippen molar-refractivity contribution in [3.05, 3.63) is 34.6 Å². The first-order chi connectivity index (χ1) is 13.5. The number of guanidine groups is 1. The molecule has 0 unspecified atom stereocenters. The minimum atomic E-state index is -0.326. The molecule has 1 heterocycles. The molecule has 6 nitrogen and oxygen atoms in total. The van der Waals surface area contributed by atoms with Gasteiger partial charge in [0.15, 0.2) is 5.96 Å². The molecule has 1 aliphatic heterocycles. The molecule has 1 aliphatic rings. The smallest absolute Gasteiger partial charge is 0.234 e. The number of aliphatic imine (C=N–C) groups is 1. The lowest BCUT2D eigenvalue weighted by atomic mass is 10.1. The maximum atomic E-state index is 13.1. The van der Waals surface area contributed by atoms with E-state index in [1.807, 2.05) is 6.92 Å². The number of piperidine rings is 1. The van der Waals surface area contributed by atoms with Gasteiger partial charge in [0.05, 0.1) is 6.54 Å². The molecule has 0 aromatic heterocycles. The van der Waals surface area contributed by atoms with Crippen molar-refractivity contribution in [2.75, 3.05) is 39.8 Å². The van der Waals surface area contributed by atoms with Crippen LogP contribution >= 0.6 is 35.6 Å². The van der Waals surface area contributed by atoms with Crippen molar-refractivity contribution in [3.8, 4) is 0 Å². The lowest BCUT2D eigenvalue weighted by molar-refractivity contribution is -0.122. The maximum absolute atomic E-state index is 13.1. The second-order valence-electron chi connectivity index (χ2n) is 7.03. The maximum Gasteiger partial charge on any atom is 0.234 e. The average Bonchev–Trinajstić information content (AvgIpc) is 2.68. The van der Waals surface area contributed by atoms with Gasteiger partial charge in [-0.15, -0.1) is 24.0 Å². The summed E-state index contributed by atoms with van der Waals surface area (Å²) in [6, 6.07) is 4.79. The van der Waals surface area contributed by atoms with Crippen molar-refractivity contribution in [1.29, 1.82) is 0 Å². The minimum absolute atomic E-state index is 0. The molecule has 164 valence electrons. The molecular weight excluding hydrogens is 508 g/mol. The average molecular weight is 540 g/mol. The number of benzene rings is 1. The molecule has 0 saturated carbocycles. The summed E-state index contributed by atoms with van der Waals surface area (Å²) >= 11 is 6.07. The van der Waals surface area contributed by atoms with Crippen LogP contribution in [0.1, 0.15) is 31.7 Å². The van der Waals surface area contributed by atoms with Crippen LogP contribution in [0.25, 0.3) is 0 Å². The largest absolute Gasteiger partial charge is 0.356 e. The zero-order valence-electron chi connectivity index (χ0n) is 17.1. The second-order valence-corrected chi connectivity index (χ2v) is 7.44. The predicted molar refractivity (Wildman–Crippen MR) is 128 cm³/mol. The number of hydrogen-bond acceptors (Lipinski definition) is 3. The number of nitrogens with zero attached hydrogens (tertiary/aromatic N) is 2. The molecular formula is C20H32ClFIN5O. The molecule has 1 amide bonds. The number of carbonyl (C=O) groups excluding carboxylic acids is 1. The summed E-state index contributed by atoms with van der Waals surface area (Å²) in [5.41, 5.74) is 0.903. The highest BCUT2D eigenvalue weighted by molar-refractivity contribution is 14.0. The van der Waals surface area contributed by atoms with E-state index in [1.54, 1.807) is 13.1 Å². The van der Waals surface area contributed by atoms with E-state index < -0.39 is 0 Å². The van der Waals surface area contributed by atoms with E-state index >= 15 is 0 Å². The number of amides is 1.